The highest BCUT2D eigenvalue weighted by molar-refractivity contribution is 5.23. The number of nitrogens with two attached hydrogens (primary N) is 1. The van der Waals surface area contributed by atoms with Crippen LogP contribution in [0.5, 0.6) is 5.75 Å². The van der Waals surface area contributed by atoms with E-state index in [0.717, 1.165) is 18.2 Å². The third-order valence-corrected chi connectivity index (χ3v) is 2.93. The molecule has 1 atom stereocenters. The highest BCUT2D eigenvalue weighted by Crippen LogP contribution is 2.18. The smallest absolute Gasteiger partial charge is 0.129 e. The van der Waals surface area contributed by atoms with Crippen LogP contribution in [0.1, 0.15) is 26.2 Å². The summed E-state index contributed by atoms with van der Waals surface area (Å²) in [6.45, 7) is 2.33. The van der Waals surface area contributed by atoms with Crippen molar-refractivity contribution in [3.8, 4) is 5.75 Å². The van der Waals surface area contributed by atoms with Crippen LogP contribution >= 0.6 is 0 Å². The average molecular weight is 259 g/mol. The summed E-state index contributed by atoms with van der Waals surface area (Å²) in [4.78, 5) is 0. The molecule has 1 aromatic carbocycles. The predicted molar refractivity (Wildman–Crippen MR) is 65.4 cm³/mol. The second-order valence-corrected chi connectivity index (χ2v) is 4.34. The predicted octanol–water partition coefficient (Wildman–Crippen LogP) is 2.22. The van der Waals surface area contributed by atoms with Crippen molar-refractivity contribution in [1.82, 2.24) is 0 Å². The molecule has 1 aromatic rings. The maximum Gasteiger partial charge on any atom is 0.129 e. The van der Waals surface area contributed by atoms with Gasteiger partial charge in [0.05, 0.1) is 12.2 Å². The van der Waals surface area contributed by atoms with Gasteiger partial charge in [0, 0.05) is 24.7 Å². The molecule has 3 nitrogen and oxygen atoms in total. The number of hydrogen-bond donors (Lipinski definition) is 2. The summed E-state index contributed by atoms with van der Waals surface area (Å²) in [6.07, 6.45) is 1.63. The molecule has 0 radical (unpaired) electrons. The molecule has 0 fully saturated rings. The number of aliphatic hydroxyl groups is 1. The molecule has 0 heterocycles. The van der Waals surface area contributed by atoms with Gasteiger partial charge in [0.1, 0.15) is 17.4 Å². The van der Waals surface area contributed by atoms with Gasteiger partial charge in [0.2, 0.25) is 0 Å². The van der Waals surface area contributed by atoms with E-state index in [-0.39, 0.29) is 18.9 Å². The molecule has 3 N–H and O–H groups in total. The number of halogens is 2. The Balaban J connectivity index is 2.38. The molecule has 18 heavy (non-hydrogen) atoms. The van der Waals surface area contributed by atoms with Gasteiger partial charge in [0.25, 0.3) is 0 Å². The molecule has 0 spiro atoms. The quantitative estimate of drug-likeness (QED) is 0.738. The van der Waals surface area contributed by atoms with Crippen molar-refractivity contribution in [2.24, 2.45) is 5.73 Å². The van der Waals surface area contributed by atoms with Crippen molar-refractivity contribution >= 4 is 0 Å². The van der Waals surface area contributed by atoms with Gasteiger partial charge in [-0.2, -0.15) is 0 Å². The van der Waals surface area contributed by atoms with Gasteiger partial charge < -0.3 is 15.6 Å². The van der Waals surface area contributed by atoms with Crippen LogP contribution in [0.2, 0.25) is 0 Å². The van der Waals surface area contributed by atoms with Gasteiger partial charge in [-0.05, 0) is 19.3 Å². The van der Waals surface area contributed by atoms with E-state index < -0.39 is 17.2 Å². The third kappa shape index (κ3) is 4.58. The first kappa shape index (κ1) is 14.9. The second-order valence-electron chi connectivity index (χ2n) is 4.34. The van der Waals surface area contributed by atoms with Crippen LogP contribution in [0.25, 0.3) is 0 Å². The van der Waals surface area contributed by atoms with Crippen molar-refractivity contribution in [3.05, 3.63) is 29.8 Å². The first-order chi connectivity index (χ1) is 8.49. The molecule has 0 aromatic heterocycles. The van der Waals surface area contributed by atoms with Crippen molar-refractivity contribution in [2.45, 2.75) is 31.8 Å². The lowest BCUT2D eigenvalue weighted by Gasteiger charge is -2.24. The van der Waals surface area contributed by atoms with Crippen LogP contribution < -0.4 is 10.5 Å². The zero-order valence-electron chi connectivity index (χ0n) is 10.5. The number of rotatable bonds is 7. The Hall–Kier alpha value is -1.20. The Labute approximate surface area is 106 Å². The van der Waals surface area contributed by atoms with Crippen LogP contribution in [0.15, 0.2) is 18.2 Å². The van der Waals surface area contributed by atoms with E-state index in [2.05, 4.69) is 0 Å². The minimum absolute atomic E-state index is 0.153. The van der Waals surface area contributed by atoms with Crippen molar-refractivity contribution in [2.75, 3.05) is 13.2 Å². The van der Waals surface area contributed by atoms with E-state index >= 15 is 0 Å². The zero-order valence-corrected chi connectivity index (χ0v) is 10.5. The van der Waals surface area contributed by atoms with Gasteiger partial charge in [-0.3, -0.25) is 0 Å². The topological polar surface area (TPSA) is 55.5 Å². The highest BCUT2D eigenvalue weighted by atomic mass is 19.1. The third-order valence-electron chi connectivity index (χ3n) is 2.93. The molecular weight excluding hydrogens is 240 g/mol. The molecule has 0 amide bonds. The fraction of sp³-hybridized carbons (Fsp3) is 0.538. The van der Waals surface area contributed by atoms with Crippen LogP contribution in [0.3, 0.4) is 0 Å². The summed E-state index contributed by atoms with van der Waals surface area (Å²) in [5, 5.41) is 9.91. The highest BCUT2D eigenvalue weighted by Gasteiger charge is 2.21. The lowest BCUT2D eigenvalue weighted by molar-refractivity contribution is 0.0308. The van der Waals surface area contributed by atoms with E-state index in [1.165, 1.54) is 0 Å². The van der Waals surface area contributed by atoms with Crippen molar-refractivity contribution in [1.29, 1.82) is 0 Å². The Bertz CT molecular complexity index is 361. The van der Waals surface area contributed by atoms with E-state index in [1.807, 2.05) is 6.92 Å². The maximum atomic E-state index is 12.9. The Morgan fingerprint density at radius 2 is 1.89 bits per heavy atom. The van der Waals surface area contributed by atoms with E-state index in [1.54, 1.807) is 0 Å². The summed E-state index contributed by atoms with van der Waals surface area (Å²) in [5.74, 6) is -1.19. The Morgan fingerprint density at radius 3 is 2.39 bits per heavy atom. The van der Waals surface area contributed by atoms with Gasteiger partial charge in [0.15, 0.2) is 0 Å². The zero-order chi connectivity index (χ0) is 13.6. The molecule has 0 aliphatic carbocycles. The molecule has 0 saturated heterocycles. The van der Waals surface area contributed by atoms with Crippen LogP contribution in [0.4, 0.5) is 8.78 Å². The number of ether oxygens (including phenoxy) is 1. The molecule has 0 saturated carbocycles. The van der Waals surface area contributed by atoms with Crippen LogP contribution in [0, 0.1) is 11.6 Å². The lowest BCUT2D eigenvalue weighted by Crippen LogP contribution is -2.37. The minimum Gasteiger partial charge on any atom is -0.493 e. The Kier molecular flexibility index (Phi) is 5.50. The number of hydrogen-bond acceptors (Lipinski definition) is 3. The summed E-state index contributed by atoms with van der Waals surface area (Å²) < 4.78 is 30.9. The van der Waals surface area contributed by atoms with E-state index in [9.17, 15) is 13.9 Å². The fourth-order valence-corrected chi connectivity index (χ4v) is 1.63. The fourth-order valence-electron chi connectivity index (χ4n) is 1.63. The van der Waals surface area contributed by atoms with E-state index in [4.69, 9.17) is 10.5 Å². The SMILES string of the molecule is CCC(O)(CN)CCCOc1cc(F)cc(F)c1. The second kappa shape index (κ2) is 6.66. The Morgan fingerprint density at radius 1 is 1.28 bits per heavy atom. The summed E-state index contributed by atoms with van der Waals surface area (Å²) in [7, 11) is 0. The number of benzene rings is 1. The minimum atomic E-state index is -0.878. The maximum absolute atomic E-state index is 12.9. The molecule has 5 heteroatoms. The van der Waals surface area contributed by atoms with Crippen molar-refractivity contribution in [3.63, 3.8) is 0 Å². The molecule has 102 valence electrons. The summed E-state index contributed by atoms with van der Waals surface area (Å²) >= 11 is 0. The van der Waals surface area contributed by atoms with Crippen molar-refractivity contribution < 1.29 is 18.6 Å². The summed E-state index contributed by atoms with van der Waals surface area (Å²) in [5.41, 5.74) is 4.58. The summed E-state index contributed by atoms with van der Waals surface area (Å²) in [6, 6.07) is 3.03. The standard InChI is InChI=1S/C13H19F2NO2/c1-2-13(17,9-16)4-3-5-18-12-7-10(14)6-11(15)8-12/h6-8,17H,2-5,9,16H2,1H3. The van der Waals surface area contributed by atoms with Gasteiger partial charge in [-0.15, -0.1) is 0 Å². The molecule has 1 rings (SSSR count). The monoisotopic (exact) mass is 259 g/mol. The molecule has 0 aliphatic rings. The first-order valence-electron chi connectivity index (χ1n) is 6.00. The molecule has 0 bridgehead atoms. The van der Waals surface area contributed by atoms with Gasteiger partial charge >= 0.3 is 0 Å². The molecule has 0 aliphatic heterocycles. The van der Waals surface area contributed by atoms with Crippen LogP contribution in [-0.4, -0.2) is 23.9 Å². The largest absolute Gasteiger partial charge is 0.493 e. The first-order valence-corrected chi connectivity index (χ1v) is 6.00. The molecule has 1 unspecified atom stereocenters. The van der Waals surface area contributed by atoms with E-state index in [0.29, 0.717) is 19.3 Å². The van der Waals surface area contributed by atoms with Gasteiger partial charge in [-0.1, -0.05) is 6.92 Å². The lowest BCUT2D eigenvalue weighted by atomic mass is 9.95. The van der Waals surface area contributed by atoms with Crippen LogP contribution in [-0.2, 0) is 0 Å². The van der Waals surface area contributed by atoms with Gasteiger partial charge in [-0.25, -0.2) is 8.78 Å². The average Bonchev–Trinajstić information content (AvgIpc) is 2.33. The molecular formula is C13H19F2NO2. The normalized spacial score (nSPS) is 14.3.